The number of hydrogen-bond donors (Lipinski definition) is 1. The van der Waals surface area contributed by atoms with E-state index in [4.69, 9.17) is 0 Å². The molecule has 1 aliphatic rings. The van der Waals surface area contributed by atoms with E-state index in [-0.39, 0.29) is 5.60 Å². The quantitative estimate of drug-likeness (QED) is 0.595. The Morgan fingerprint density at radius 3 is 2.70 bits per heavy atom. The molecule has 0 aliphatic heterocycles. The highest BCUT2D eigenvalue weighted by atomic mass is 16.3. The van der Waals surface area contributed by atoms with Crippen molar-refractivity contribution >= 4 is 0 Å². The molecule has 0 aromatic carbocycles. The Balaban J connectivity index is 2.40. The Morgan fingerprint density at radius 2 is 2.30 bits per heavy atom. The van der Waals surface area contributed by atoms with Gasteiger partial charge in [-0.15, -0.1) is 0 Å². The molecule has 10 heavy (non-hydrogen) atoms. The Morgan fingerprint density at radius 1 is 1.60 bits per heavy atom. The minimum atomic E-state index is -0.348. The zero-order chi connectivity index (χ0) is 7.61. The molecule has 0 radical (unpaired) electrons. The molecule has 0 unspecified atom stereocenters. The fraction of sp³-hybridized carbons (Fsp3) is 1.00. The van der Waals surface area contributed by atoms with Crippen LogP contribution in [0.3, 0.4) is 0 Å². The summed E-state index contributed by atoms with van der Waals surface area (Å²) in [5, 5.41) is 9.68. The molecule has 2 atom stereocenters. The fourth-order valence-electron chi connectivity index (χ4n) is 1.95. The molecule has 1 nitrogen and oxygen atoms in total. The van der Waals surface area contributed by atoms with Gasteiger partial charge in [-0.05, 0) is 25.7 Å². The van der Waals surface area contributed by atoms with Crippen LogP contribution in [0.2, 0.25) is 0 Å². The first kappa shape index (κ1) is 8.06. The maximum atomic E-state index is 9.68. The standard InChI is InChI=1S/C9H18O/c1-3-8-5-4-6-9(2,10)7-8/h8,10H,3-7H2,1-2H3/t8-,9-/m0/s1. The number of aliphatic hydroxyl groups is 1. The van der Waals surface area contributed by atoms with E-state index in [2.05, 4.69) is 6.92 Å². The number of hydrogen-bond acceptors (Lipinski definition) is 1. The van der Waals surface area contributed by atoms with Crippen molar-refractivity contribution < 1.29 is 5.11 Å². The molecule has 0 aromatic rings. The van der Waals surface area contributed by atoms with Gasteiger partial charge in [-0.2, -0.15) is 0 Å². The van der Waals surface area contributed by atoms with E-state index in [1.807, 2.05) is 6.92 Å². The average molecular weight is 142 g/mol. The zero-order valence-electron chi connectivity index (χ0n) is 7.06. The SMILES string of the molecule is CC[C@H]1CCC[C@](C)(O)C1. The summed E-state index contributed by atoms with van der Waals surface area (Å²) in [5.74, 6) is 0.781. The zero-order valence-corrected chi connectivity index (χ0v) is 7.06. The molecule has 0 amide bonds. The van der Waals surface area contributed by atoms with E-state index < -0.39 is 0 Å². The van der Waals surface area contributed by atoms with E-state index in [0.29, 0.717) is 0 Å². The van der Waals surface area contributed by atoms with Gasteiger partial charge in [0.1, 0.15) is 0 Å². The van der Waals surface area contributed by atoms with Gasteiger partial charge in [0.2, 0.25) is 0 Å². The van der Waals surface area contributed by atoms with Gasteiger partial charge in [0, 0.05) is 0 Å². The van der Waals surface area contributed by atoms with Crippen LogP contribution < -0.4 is 0 Å². The van der Waals surface area contributed by atoms with Gasteiger partial charge < -0.3 is 5.11 Å². The smallest absolute Gasteiger partial charge is 0.0622 e. The van der Waals surface area contributed by atoms with Crippen molar-refractivity contribution in [2.45, 2.75) is 51.6 Å². The van der Waals surface area contributed by atoms with Crippen molar-refractivity contribution in [2.24, 2.45) is 5.92 Å². The monoisotopic (exact) mass is 142 g/mol. The van der Waals surface area contributed by atoms with Crippen LogP contribution in [0, 0.1) is 5.92 Å². The van der Waals surface area contributed by atoms with Gasteiger partial charge in [0.15, 0.2) is 0 Å². The summed E-state index contributed by atoms with van der Waals surface area (Å²) >= 11 is 0. The lowest BCUT2D eigenvalue weighted by atomic mass is 9.78. The summed E-state index contributed by atoms with van der Waals surface area (Å²) in [4.78, 5) is 0. The molecule has 0 spiro atoms. The van der Waals surface area contributed by atoms with E-state index in [1.54, 1.807) is 0 Å². The third kappa shape index (κ3) is 1.98. The molecule has 0 heterocycles. The summed E-state index contributed by atoms with van der Waals surface area (Å²) in [6, 6.07) is 0. The number of rotatable bonds is 1. The van der Waals surface area contributed by atoms with Crippen molar-refractivity contribution in [3.63, 3.8) is 0 Å². The summed E-state index contributed by atoms with van der Waals surface area (Å²) in [6.07, 6.45) is 5.79. The molecular formula is C9H18O. The van der Waals surface area contributed by atoms with Crippen LogP contribution in [0.15, 0.2) is 0 Å². The highest BCUT2D eigenvalue weighted by Crippen LogP contribution is 2.33. The van der Waals surface area contributed by atoms with Gasteiger partial charge in [-0.3, -0.25) is 0 Å². The Bertz CT molecular complexity index is 107. The molecule has 1 aliphatic carbocycles. The second-order valence-corrected chi connectivity index (χ2v) is 3.87. The first-order valence-electron chi connectivity index (χ1n) is 4.36. The molecule has 0 aromatic heterocycles. The van der Waals surface area contributed by atoms with Crippen molar-refractivity contribution in [2.75, 3.05) is 0 Å². The van der Waals surface area contributed by atoms with Crippen LogP contribution in [0.1, 0.15) is 46.0 Å². The van der Waals surface area contributed by atoms with Gasteiger partial charge in [0.25, 0.3) is 0 Å². The molecule has 1 N–H and O–H groups in total. The Hall–Kier alpha value is -0.0400. The highest BCUT2D eigenvalue weighted by molar-refractivity contribution is 4.81. The molecule has 60 valence electrons. The van der Waals surface area contributed by atoms with Gasteiger partial charge >= 0.3 is 0 Å². The summed E-state index contributed by atoms with van der Waals surface area (Å²) in [7, 11) is 0. The summed E-state index contributed by atoms with van der Waals surface area (Å²) in [6.45, 7) is 4.18. The second kappa shape index (κ2) is 2.91. The third-order valence-corrected chi connectivity index (χ3v) is 2.63. The molecule has 1 saturated carbocycles. The van der Waals surface area contributed by atoms with E-state index in [9.17, 15) is 5.11 Å². The molecule has 1 fully saturated rings. The van der Waals surface area contributed by atoms with Crippen LogP contribution in [0.4, 0.5) is 0 Å². The molecule has 0 bridgehead atoms. The van der Waals surface area contributed by atoms with Crippen molar-refractivity contribution in [3.05, 3.63) is 0 Å². The average Bonchev–Trinajstić information content (AvgIpc) is 1.86. The van der Waals surface area contributed by atoms with Crippen LogP contribution in [0.5, 0.6) is 0 Å². The Labute approximate surface area is 63.4 Å². The molecular weight excluding hydrogens is 124 g/mol. The maximum Gasteiger partial charge on any atom is 0.0622 e. The van der Waals surface area contributed by atoms with Crippen molar-refractivity contribution in [1.82, 2.24) is 0 Å². The lowest BCUT2D eigenvalue weighted by molar-refractivity contribution is 0.000465. The van der Waals surface area contributed by atoms with Crippen LogP contribution >= 0.6 is 0 Å². The lowest BCUT2D eigenvalue weighted by Gasteiger charge is -2.33. The fourth-order valence-corrected chi connectivity index (χ4v) is 1.95. The van der Waals surface area contributed by atoms with Crippen LogP contribution in [0.25, 0.3) is 0 Å². The summed E-state index contributed by atoms with van der Waals surface area (Å²) < 4.78 is 0. The molecule has 0 saturated heterocycles. The second-order valence-electron chi connectivity index (χ2n) is 3.87. The molecule has 1 heteroatoms. The first-order chi connectivity index (χ1) is 4.64. The molecule has 1 rings (SSSR count). The van der Waals surface area contributed by atoms with E-state index >= 15 is 0 Å². The minimum absolute atomic E-state index is 0.348. The largest absolute Gasteiger partial charge is 0.390 e. The normalized spacial score (nSPS) is 41.7. The Kier molecular flexibility index (Phi) is 2.35. The van der Waals surface area contributed by atoms with Crippen LogP contribution in [-0.2, 0) is 0 Å². The minimum Gasteiger partial charge on any atom is -0.390 e. The van der Waals surface area contributed by atoms with E-state index in [0.717, 1.165) is 18.8 Å². The maximum absolute atomic E-state index is 9.68. The van der Waals surface area contributed by atoms with Crippen LogP contribution in [-0.4, -0.2) is 10.7 Å². The van der Waals surface area contributed by atoms with Gasteiger partial charge in [0.05, 0.1) is 5.60 Å². The predicted molar refractivity (Wildman–Crippen MR) is 42.9 cm³/mol. The van der Waals surface area contributed by atoms with Crippen molar-refractivity contribution in [1.29, 1.82) is 0 Å². The highest BCUT2D eigenvalue weighted by Gasteiger charge is 2.28. The third-order valence-electron chi connectivity index (χ3n) is 2.63. The first-order valence-corrected chi connectivity index (χ1v) is 4.36. The van der Waals surface area contributed by atoms with Gasteiger partial charge in [-0.25, -0.2) is 0 Å². The van der Waals surface area contributed by atoms with Crippen molar-refractivity contribution in [3.8, 4) is 0 Å². The lowest BCUT2D eigenvalue weighted by Crippen LogP contribution is -2.31. The van der Waals surface area contributed by atoms with Gasteiger partial charge in [-0.1, -0.05) is 26.2 Å². The van der Waals surface area contributed by atoms with E-state index in [1.165, 1.54) is 19.3 Å². The topological polar surface area (TPSA) is 20.2 Å². The summed E-state index contributed by atoms with van der Waals surface area (Å²) in [5.41, 5.74) is -0.348. The predicted octanol–water partition coefficient (Wildman–Crippen LogP) is 2.34.